The molecule has 1 aliphatic rings. The summed E-state index contributed by atoms with van der Waals surface area (Å²) in [6.45, 7) is 0. The number of benzene rings is 2. The number of halogens is 3. The van der Waals surface area contributed by atoms with Crippen LogP contribution in [0.4, 0.5) is 13.2 Å². The van der Waals surface area contributed by atoms with Gasteiger partial charge in [-0.15, -0.1) is 0 Å². The second-order valence-electron chi connectivity index (χ2n) is 8.32. The molecule has 1 saturated carbocycles. The van der Waals surface area contributed by atoms with Crippen molar-refractivity contribution in [2.24, 2.45) is 5.92 Å². The van der Waals surface area contributed by atoms with Crippen LogP contribution in [-0.2, 0) is 0 Å². The van der Waals surface area contributed by atoms with Crippen LogP contribution in [0.25, 0.3) is 11.1 Å². The summed E-state index contributed by atoms with van der Waals surface area (Å²) in [5.74, 6) is -0.159. The summed E-state index contributed by atoms with van der Waals surface area (Å²) in [6, 6.07) is 12.4. The summed E-state index contributed by atoms with van der Waals surface area (Å²) in [5.41, 5.74) is 2.99. The fourth-order valence-electron chi connectivity index (χ4n) is 4.52. The van der Waals surface area contributed by atoms with Gasteiger partial charge < -0.3 is 0 Å². The molecule has 0 heterocycles. The van der Waals surface area contributed by atoms with E-state index in [1.165, 1.54) is 69.1 Å². The third-order valence-electron chi connectivity index (χ3n) is 6.30. The molecule has 0 aromatic heterocycles. The van der Waals surface area contributed by atoms with Crippen LogP contribution in [0.15, 0.2) is 54.9 Å². The van der Waals surface area contributed by atoms with Crippen molar-refractivity contribution >= 4 is 0 Å². The van der Waals surface area contributed by atoms with Crippen LogP contribution < -0.4 is 0 Å². The second-order valence-corrected chi connectivity index (χ2v) is 8.32. The summed E-state index contributed by atoms with van der Waals surface area (Å²) >= 11 is 0. The van der Waals surface area contributed by atoms with Gasteiger partial charge in [-0.2, -0.15) is 0 Å². The van der Waals surface area contributed by atoms with E-state index in [2.05, 4.69) is 12.1 Å². The lowest BCUT2D eigenvalue weighted by atomic mass is 9.77. The number of allylic oxidation sites excluding steroid dienone is 1. The van der Waals surface area contributed by atoms with Gasteiger partial charge in [-0.25, -0.2) is 13.2 Å². The molecule has 156 valence electrons. The van der Waals surface area contributed by atoms with Crippen LogP contribution in [0.3, 0.4) is 0 Å². The molecule has 2 aromatic carbocycles. The maximum absolute atomic E-state index is 13.5. The van der Waals surface area contributed by atoms with Gasteiger partial charge in [0.15, 0.2) is 11.6 Å². The number of unbranched alkanes of at least 4 members (excludes halogenated alkanes) is 4. The van der Waals surface area contributed by atoms with Crippen molar-refractivity contribution in [3.05, 3.63) is 72.1 Å². The SMILES string of the molecule is FC=CCCCCCC[C@H]1CC[C@H](c2ccc(-c3ccc(F)c(F)c3)cc2)CC1. The number of hydrogen-bond donors (Lipinski definition) is 0. The lowest BCUT2D eigenvalue weighted by Crippen LogP contribution is -2.13. The highest BCUT2D eigenvalue weighted by Crippen LogP contribution is 2.38. The molecular weight excluding hydrogens is 369 g/mol. The number of hydrogen-bond acceptors (Lipinski definition) is 0. The Morgan fingerprint density at radius 2 is 1.45 bits per heavy atom. The fraction of sp³-hybridized carbons (Fsp3) is 0.462. The molecule has 0 atom stereocenters. The Bertz CT molecular complexity index is 771. The Hall–Kier alpha value is -2.03. The van der Waals surface area contributed by atoms with Gasteiger partial charge in [0.2, 0.25) is 0 Å². The van der Waals surface area contributed by atoms with Crippen molar-refractivity contribution in [2.45, 2.75) is 70.1 Å². The van der Waals surface area contributed by atoms with Crippen molar-refractivity contribution in [1.29, 1.82) is 0 Å². The summed E-state index contributed by atoms with van der Waals surface area (Å²) in [5, 5.41) is 0. The Labute approximate surface area is 172 Å². The third kappa shape index (κ3) is 6.48. The van der Waals surface area contributed by atoms with Gasteiger partial charge in [-0.1, -0.05) is 62.1 Å². The molecule has 1 aliphatic carbocycles. The maximum atomic E-state index is 13.5. The molecule has 3 rings (SSSR count). The molecule has 0 bridgehead atoms. The van der Waals surface area contributed by atoms with E-state index in [0.29, 0.717) is 17.8 Å². The molecule has 0 N–H and O–H groups in total. The van der Waals surface area contributed by atoms with E-state index in [4.69, 9.17) is 0 Å². The van der Waals surface area contributed by atoms with Crippen LogP contribution in [0.2, 0.25) is 0 Å². The Morgan fingerprint density at radius 1 is 0.759 bits per heavy atom. The zero-order valence-corrected chi connectivity index (χ0v) is 17.1. The second kappa shape index (κ2) is 11.2. The molecule has 0 unspecified atom stereocenters. The van der Waals surface area contributed by atoms with E-state index in [-0.39, 0.29) is 0 Å². The lowest BCUT2D eigenvalue weighted by molar-refractivity contribution is 0.302. The molecule has 0 spiro atoms. The molecule has 0 nitrogen and oxygen atoms in total. The van der Waals surface area contributed by atoms with Crippen LogP contribution in [0.1, 0.15) is 75.7 Å². The standard InChI is InChI=1S/C26H31F3/c27-18-6-4-2-1-3-5-7-20-8-10-21(11-9-20)22-12-14-23(15-13-22)24-16-17-25(28)26(29)19-24/h6,12-21H,1-5,7-11H2/t20-,21-. The minimum absolute atomic E-state index is 0.609. The quantitative estimate of drug-likeness (QED) is 0.369. The average molecular weight is 401 g/mol. The zero-order valence-electron chi connectivity index (χ0n) is 17.1. The Balaban J connectivity index is 1.42. The van der Waals surface area contributed by atoms with E-state index in [1.54, 1.807) is 12.1 Å². The fourth-order valence-corrected chi connectivity index (χ4v) is 4.52. The van der Waals surface area contributed by atoms with E-state index >= 15 is 0 Å². The van der Waals surface area contributed by atoms with Gasteiger partial charge in [0.05, 0.1) is 6.33 Å². The molecule has 1 fully saturated rings. The predicted molar refractivity (Wildman–Crippen MR) is 114 cm³/mol. The van der Waals surface area contributed by atoms with Crippen molar-refractivity contribution in [1.82, 2.24) is 0 Å². The lowest BCUT2D eigenvalue weighted by Gasteiger charge is -2.29. The van der Waals surface area contributed by atoms with Gasteiger partial charge in [-0.05, 0) is 79.2 Å². The van der Waals surface area contributed by atoms with Crippen LogP contribution in [0.5, 0.6) is 0 Å². The molecule has 2 aromatic rings. The molecule has 0 saturated heterocycles. The van der Waals surface area contributed by atoms with Crippen molar-refractivity contribution in [3.8, 4) is 11.1 Å². The molecule has 0 radical (unpaired) electrons. The molecular formula is C26H31F3. The van der Waals surface area contributed by atoms with E-state index in [0.717, 1.165) is 24.3 Å². The first-order chi connectivity index (χ1) is 14.2. The largest absolute Gasteiger partial charge is 0.216 e. The first-order valence-electron chi connectivity index (χ1n) is 11.0. The summed E-state index contributed by atoms with van der Waals surface area (Å²) in [6.07, 6.45) is 14.3. The highest BCUT2D eigenvalue weighted by Gasteiger charge is 2.22. The smallest absolute Gasteiger partial charge is 0.159 e. The maximum Gasteiger partial charge on any atom is 0.159 e. The number of rotatable bonds is 9. The molecule has 0 aliphatic heterocycles. The summed E-state index contributed by atoms with van der Waals surface area (Å²) in [7, 11) is 0. The Kier molecular flexibility index (Phi) is 8.39. The van der Waals surface area contributed by atoms with Crippen LogP contribution in [0, 0.1) is 17.6 Å². The average Bonchev–Trinajstić information content (AvgIpc) is 2.76. The summed E-state index contributed by atoms with van der Waals surface area (Å²) < 4.78 is 38.5. The van der Waals surface area contributed by atoms with Gasteiger partial charge in [0, 0.05) is 0 Å². The van der Waals surface area contributed by atoms with Gasteiger partial charge >= 0.3 is 0 Å². The minimum atomic E-state index is -0.809. The van der Waals surface area contributed by atoms with Crippen molar-refractivity contribution < 1.29 is 13.2 Å². The highest BCUT2D eigenvalue weighted by molar-refractivity contribution is 5.63. The third-order valence-corrected chi connectivity index (χ3v) is 6.30. The monoisotopic (exact) mass is 400 g/mol. The van der Waals surface area contributed by atoms with Crippen LogP contribution in [-0.4, -0.2) is 0 Å². The first-order valence-corrected chi connectivity index (χ1v) is 11.0. The molecule has 29 heavy (non-hydrogen) atoms. The van der Waals surface area contributed by atoms with Gasteiger partial charge in [0.25, 0.3) is 0 Å². The van der Waals surface area contributed by atoms with E-state index in [1.807, 2.05) is 12.1 Å². The normalized spacial score (nSPS) is 19.7. The molecule has 3 heteroatoms. The summed E-state index contributed by atoms with van der Waals surface area (Å²) in [4.78, 5) is 0. The van der Waals surface area contributed by atoms with Crippen molar-refractivity contribution in [3.63, 3.8) is 0 Å². The Morgan fingerprint density at radius 3 is 2.14 bits per heavy atom. The van der Waals surface area contributed by atoms with Crippen molar-refractivity contribution in [2.75, 3.05) is 0 Å². The topological polar surface area (TPSA) is 0 Å². The first kappa shape index (κ1) is 21.7. The van der Waals surface area contributed by atoms with Gasteiger partial charge in [0.1, 0.15) is 0 Å². The van der Waals surface area contributed by atoms with Crippen LogP contribution >= 0.6 is 0 Å². The van der Waals surface area contributed by atoms with Gasteiger partial charge in [-0.3, -0.25) is 0 Å². The predicted octanol–water partition coefficient (Wildman–Crippen LogP) is 8.73. The molecule has 0 amide bonds. The van der Waals surface area contributed by atoms with E-state index < -0.39 is 11.6 Å². The minimum Gasteiger partial charge on any atom is -0.216 e. The highest BCUT2D eigenvalue weighted by atomic mass is 19.2. The van der Waals surface area contributed by atoms with E-state index in [9.17, 15) is 13.2 Å². The zero-order chi connectivity index (χ0) is 20.5.